The lowest BCUT2D eigenvalue weighted by atomic mass is 10.4. The molecule has 0 fully saturated rings. The van der Waals surface area contributed by atoms with Gasteiger partial charge in [-0.15, -0.1) is 0 Å². The van der Waals surface area contributed by atoms with Crippen LogP contribution >= 0.6 is 0 Å². The van der Waals surface area contributed by atoms with E-state index in [4.69, 9.17) is 11.5 Å². The smallest absolute Gasteiger partial charge is 0.0569 e. The van der Waals surface area contributed by atoms with Crippen LogP contribution in [0.4, 0.5) is 0 Å². The fourth-order valence-corrected chi connectivity index (χ4v) is 0.0833. The first kappa shape index (κ1) is 4.92. The van der Waals surface area contributed by atoms with Gasteiger partial charge in [0.1, 0.15) is 0 Å². The fraction of sp³-hybridized carbons (Fsp3) is 0.667. The Labute approximate surface area is 32.1 Å². The normalized spacial score (nSPS) is 8.40. The van der Waals surface area contributed by atoms with E-state index in [9.17, 15) is 0 Å². The number of hydrogen-bond donors (Lipinski definition) is 2. The highest BCUT2D eigenvalue weighted by Gasteiger charge is 1.69. The molecule has 2 radical (unpaired) electrons. The maximum atomic E-state index is 5.00. The van der Waals surface area contributed by atoms with E-state index in [1.54, 1.807) is 0 Å². The van der Waals surface area contributed by atoms with E-state index in [1.165, 1.54) is 0 Å². The van der Waals surface area contributed by atoms with Crippen LogP contribution in [0.25, 0.3) is 0 Å². The van der Waals surface area contributed by atoms with Crippen LogP contribution in [0.15, 0.2) is 0 Å². The fourth-order valence-electron chi connectivity index (χ4n) is 0.0833. The van der Waals surface area contributed by atoms with Crippen molar-refractivity contribution in [3.05, 3.63) is 6.54 Å². The average Bonchev–Trinajstić information content (AvgIpc) is 1.41. The molecular formula is C3H8N2. The van der Waals surface area contributed by atoms with Crippen molar-refractivity contribution in [3.8, 4) is 0 Å². The molecule has 2 nitrogen and oxygen atoms in total. The third kappa shape index (κ3) is 3.92. The van der Waals surface area contributed by atoms with Crippen molar-refractivity contribution >= 4 is 0 Å². The first-order valence-corrected chi connectivity index (χ1v) is 1.55. The van der Waals surface area contributed by atoms with Gasteiger partial charge in [-0.25, -0.2) is 0 Å². The highest BCUT2D eigenvalue weighted by molar-refractivity contribution is 4.50. The van der Waals surface area contributed by atoms with Gasteiger partial charge in [0.2, 0.25) is 0 Å². The van der Waals surface area contributed by atoms with Crippen molar-refractivity contribution in [2.45, 2.75) is 6.42 Å². The van der Waals surface area contributed by atoms with Crippen LogP contribution in [0, 0.1) is 6.54 Å². The van der Waals surface area contributed by atoms with Crippen LogP contribution < -0.4 is 11.5 Å². The van der Waals surface area contributed by atoms with Gasteiger partial charge in [-0.1, -0.05) is 0 Å². The molecule has 30 valence electrons. The lowest BCUT2D eigenvalue weighted by Crippen LogP contribution is -2.01. The van der Waals surface area contributed by atoms with Crippen molar-refractivity contribution in [3.63, 3.8) is 0 Å². The predicted octanol–water partition coefficient (Wildman–Crippen LogP) is -0.667. The van der Waals surface area contributed by atoms with Crippen LogP contribution in [0.3, 0.4) is 0 Å². The molecule has 0 aromatic heterocycles. The molecule has 5 heavy (non-hydrogen) atoms. The molecule has 0 atom stereocenters. The maximum Gasteiger partial charge on any atom is 0.0569 e. The molecule has 0 unspecified atom stereocenters. The van der Waals surface area contributed by atoms with Gasteiger partial charge in [0.15, 0.2) is 0 Å². The highest BCUT2D eigenvalue weighted by Crippen LogP contribution is 1.65. The van der Waals surface area contributed by atoms with Crippen molar-refractivity contribution in [1.82, 2.24) is 0 Å². The minimum atomic E-state index is 0.608. The molecule has 0 saturated carbocycles. The second-order valence-corrected chi connectivity index (χ2v) is 0.743. The second-order valence-electron chi connectivity index (χ2n) is 0.743. The van der Waals surface area contributed by atoms with E-state index in [-0.39, 0.29) is 0 Å². The monoisotopic (exact) mass is 72.1 g/mol. The zero-order valence-corrected chi connectivity index (χ0v) is 3.07. The molecule has 0 aliphatic carbocycles. The third-order valence-corrected chi connectivity index (χ3v) is 0.289. The standard InChI is InChI=1S/C3H8N2/c4-2-1-3-5/h1-2,4-5H2. The number of rotatable bonds is 2. The third-order valence-electron chi connectivity index (χ3n) is 0.289. The molecule has 0 spiro atoms. The molecule has 0 bridgehead atoms. The Morgan fingerprint density at radius 2 is 2.20 bits per heavy atom. The highest BCUT2D eigenvalue weighted by atomic mass is 14.6. The molecule has 0 amide bonds. The van der Waals surface area contributed by atoms with Gasteiger partial charge >= 0.3 is 0 Å². The second kappa shape index (κ2) is 3.92. The summed E-state index contributed by atoms with van der Waals surface area (Å²) in [5, 5.41) is 0. The summed E-state index contributed by atoms with van der Waals surface area (Å²) in [6, 6.07) is 0. The topological polar surface area (TPSA) is 52.0 Å². The van der Waals surface area contributed by atoms with Crippen molar-refractivity contribution in [2.75, 3.05) is 6.54 Å². The molecule has 4 N–H and O–H groups in total. The SMILES string of the molecule is N[C]CCN. The van der Waals surface area contributed by atoms with Crippen molar-refractivity contribution in [1.29, 1.82) is 0 Å². The van der Waals surface area contributed by atoms with E-state index in [0.717, 1.165) is 0 Å². The number of nitrogens with two attached hydrogens (primary N) is 2. The van der Waals surface area contributed by atoms with Crippen LogP contribution in [-0.2, 0) is 0 Å². The van der Waals surface area contributed by atoms with E-state index >= 15 is 0 Å². The summed E-state index contributed by atoms with van der Waals surface area (Å²) in [5.41, 5.74) is 9.81. The minimum Gasteiger partial charge on any atom is -0.330 e. The Balaban J connectivity index is 2.19. The molecule has 0 aliphatic rings. The summed E-state index contributed by atoms with van der Waals surface area (Å²) < 4.78 is 0. The Morgan fingerprint density at radius 1 is 1.60 bits per heavy atom. The first-order valence-electron chi connectivity index (χ1n) is 1.55. The molecule has 0 aromatic rings. The Hall–Kier alpha value is -0.0800. The van der Waals surface area contributed by atoms with Gasteiger partial charge in [-0.05, 0) is 13.0 Å². The van der Waals surface area contributed by atoms with Crippen LogP contribution in [0.5, 0.6) is 0 Å². The Morgan fingerprint density at radius 3 is 2.20 bits per heavy atom. The van der Waals surface area contributed by atoms with E-state index in [2.05, 4.69) is 6.54 Å². The van der Waals surface area contributed by atoms with Gasteiger partial charge in [-0.2, -0.15) is 0 Å². The van der Waals surface area contributed by atoms with Crippen LogP contribution in [0.1, 0.15) is 6.42 Å². The number of hydrogen-bond acceptors (Lipinski definition) is 2. The van der Waals surface area contributed by atoms with Crippen LogP contribution in [-0.4, -0.2) is 6.54 Å². The van der Waals surface area contributed by atoms with Crippen molar-refractivity contribution in [2.24, 2.45) is 11.5 Å². The molecule has 0 heterocycles. The van der Waals surface area contributed by atoms with E-state index < -0.39 is 0 Å². The summed E-state index contributed by atoms with van der Waals surface area (Å²) in [7, 11) is 0. The summed E-state index contributed by atoms with van der Waals surface area (Å²) in [6.07, 6.45) is 0.694. The van der Waals surface area contributed by atoms with Gasteiger partial charge in [-0.3, -0.25) is 0 Å². The lowest BCUT2D eigenvalue weighted by Gasteiger charge is -1.79. The maximum absolute atomic E-state index is 5.00. The molecule has 2 heteroatoms. The van der Waals surface area contributed by atoms with Gasteiger partial charge in [0.25, 0.3) is 0 Å². The average molecular weight is 72.1 g/mol. The predicted molar refractivity (Wildman–Crippen MR) is 21.1 cm³/mol. The molecule has 0 aliphatic heterocycles. The molecule has 0 saturated heterocycles. The molecular weight excluding hydrogens is 64.0 g/mol. The summed E-state index contributed by atoms with van der Waals surface area (Å²) in [5.74, 6) is 0. The molecule has 0 rings (SSSR count). The zero-order valence-electron chi connectivity index (χ0n) is 3.07. The van der Waals surface area contributed by atoms with Crippen molar-refractivity contribution < 1.29 is 0 Å². The van der Waals surface area contributed by atoms with Gasteiger partial charge in [0.05, 0.1) is 6.54 Å². The van der Waals surface area contributed by atoms with E-state index in [0.29, 0.717) is 13.0 Å². The van der Waals surface area contributed by atoms with Gasteiger partial charge in [0, 0.05) is 0 Å². The van der Waals surface area contributed by atoms with Crippen LogP contribution in [0.2, 0.25) is 0 Å². The first-order chi connectivity index (χ1) is 2.41. The Bertz CT molecular complexity index is 12.4. The summed E-state index contributed by atoms with van der Waals surface area (Å²) in [6.45, 7) is 3.00. The van der Waals surface area contributed by atoms with E-state index in [1.807, 2.05) is 0 Å². The Kier molecular flexibility index (Phi) is 3.86. The largest absolute Gasteiger partial charge is 0.330 e. The quantitative estimate of drug-likeness (QED) is 0.425. The van der Waals surface area contributed by atoms with Gasteiger partial charge < -0.3 is 11.5 Å². The lowest BCUT2D eigenvalue weighted by molar-refractivity contribution is 0.931. The summed E-state index contributed by atoms with van der Waals surface area (Å²) >= 11 is 0. The molecule has 0 aromatic carbocycles. The summed E-state index contributed by atoms with van der Waals surface area (Å²) in [4.78, 5) is 0. The zero-order chi connectivity index (χ0) is 4.12. The minimum absolute atomic E-state index is 0.608.